The first-order chi connectivity index (χ1) is 12.9. The van der Waals surface area contributed by atoms with Crippen molar-refractivity contribution in [2.24, 2.45) is 0 Å². The van der Waals surface area contributed by atoms with Crippen LogP contribution in [0, 0.1) is 0 Å². The molecule has 3 amide bonds. The second-order valence-corrected chi connectivity index (χ2v) is 8.32. The fourth-order valence-electron chi connectivity index (χ4n) is 5.47. The summed E-state index contributed by atoms with van der Waals surface area (Å²) in [5.74, 6) is -0.117. The summed E-state index contributed by atoms with van der Waals surface area (Å²) in [7, 11) is 0. The van der Waals surface area contributed by atoms with Gasteiger partial charge in [-0.05, 0) is 44.7 Å². The quantitative estimate of drug-likeness (QED) is 0.772. The summed E-state index contributed by atoms with van der Waals surface area (Å²) in [6.07, 6.45) is 3.92. The van der Waals surface area contributed by atoms with Crippen LogP contribution in [0.2, 0.25) is 0 Å². The summed E-state index contributed by atoms with van der Waals surface area (Å²) in [6, 6.07) is 6.29. The van der Waals surface area contributed by atoms with Crippen LogP contribution in [-0.2, 0) is 19.8 Å². The number of nitrogens with one attached hydrogen (secondary N) is 1. The number of para-hydroxylation sites is 1. The molecular formula is C21H23N3O3. The second kappa shape index (κ2) is 5.44. The highest BCUT2D eigenvalue weighted by Crippen LogP contribution is 2.52. The average Bonchev–Trinajstić information content (AvgIpc) is 3.31. The molecule has 5 rings (SSSR count). The molecule has 4 atom stereocenters. The highest BCUT2D eigenvalue weighted by Gasteiger charge is 2.66. The van der Waals surface area contributed by atoms with E-state index in [4.69, 9.17) is 0 Å². The zero-order chi connectivity index (χ0) is 18.9. The third-order valence-electron chi connectivity index (χ3n) is 6.57. The molecule has 0 saturated carbocycles. The molecule has 0 bridgehead atoms. The predicted molar refractivity (Wildman–Crippen MR) is 100.0 cm³/mol. The Hall–Kier alpha value is -2.63. The lowest BCUT2D eigenvalue weighted by Gasteiger charge is -2.41. The Bertz CT molecular complexity index is 904. The standard InChI is InChI=1S/C21H23N3O3/c1-12(2)10-17-21(13-6-3-4-7-14(13)22-20(21)27)11-16-18(25)23-9-5-8-15(23)19(26)24(16)17/h3-4,6-7,10,15-17H,5,8-9,11H2,1-2H3,(H,22,27)/t15-,16-,17-,21-/m0/s1. The van der Waals surface area contributed by atoms with E-state index in [0.717, 1.165) is 23.2 Å². The van der Waals surface area contributed by atoms with Gasteiger partial charge in [-0.2, -0.15) is 0 Å². The molecule has 1 aromatic rings. The van der Waals surface area contributed by atoms with E-state index in [0.29, 0.717) is 19.4 Å². The van der Waals surface area contributed by atoms with E-state index in [1.165, 1.54) is 0 Å². The molecule has 0 aromatic heterocycles. The van der Waals surface area contributed by atoms with Crippen LogP contribution >= 0.6 is 0 Å². The Morgan fingerprint density at radius 3 is 2.70 bits per heavy atom. The molecule has 1 spiro atoms. The van der Waals surface area contributed by atoms with Crippen LogP contribution in [0.15, 0.2) is 35.9 Å². The summed E-state index contributed by atoms with van der Waals surface area (Å²) in [4.78, 5) is 43.3. The van der Waals surface area contributed by atoms with Crippen LogP contribution in [0.5, 0.6) is 0 Å². The van der Waals surface area contributed by atoms with E-state index in [9.17, 15) is 14.4 Å². The Labute approximate surface area is 158 Å². The number of carbonyl (C=O) groups is 3. The van der Waals surface area contributed by atoms with Crippen molar-refractivity contribution in [3.8, 4) is 0 Å². The number of hydrogen-bond acceptors (Lipinski definition) is 3. The molecule has 1 aromatic carbocycles. The highest BCUT2D eigenvalue weighted by atomic mass is 16.2. The lowest BCUT2D eigenvalue weighted by Crippen LogP contribution is -2.62. The van der Waals surface area contributed by atoms with Crippen LogP contribution < -0.4 is 5.32 Å². The van der Waals surface area contributed by atoms with Crippen molar-refractivity contribution in [1.29, 1.82) is 0 Å². The molecule has 0 aliphatic carbocycles. The number of hydrogen-bond donors (Lipinski definition) is 1. The summed E-state index contributed by atoms with van der Waals surface area (Å²) >= 11 is 0. The highest BCUT2D eigenvalue weighted by molar-refractivity contribution is 6.10. The van der Waals surface area contributed by atoms with Crippen molar-refractivity contribution in [2.75, 3.05) is 11.9 Å². The van der Waals surface area contributed by atoms with Gasteiger partial charge in [-0.3, -0.25) is 14.4 Å². The van der Waals surface area contributed by atoms with Crippen LogP contribution in [0.3, 0.4) is 0 Å². The van der Waals surface area contributed by atoms with E-state index >= 15 is 0 Å². The molecule has 4 aliphatic rings. The van der Waals surface area contributed by atoms with Gasteiger partial charge >= 0.3 is 0 Å². The molecule has 1 N–H and O–H groups in total. The molecule has 3 saturated heterocycles. The van der Waals surface area contributed by atoms with Crippen molar-refractivity contribution in [3.63, 3.8) is 0 Å². The Kier molecular flexibility index (Phi) is 3.33. The van der Waals surface area contributed by atoms with Gasteiger partial charge in [0.1, 0.15) is 17.5 Å². The molecule has 27 heavy (non-hydrogen) atoms. The molecule has 4 aliphatic heterocycles. The third kappa shape index (κ3) is 1.98. The average molecular weight is 365 g/mol. The van der Waals surface area contributed by atoms with E-state index in [-0.39, 0.29) is 23.8 Å². The van der Waals surface area contributed by atoms with E-state index in [1.807, 2.05) is 44.2 Å². The summed E-state index contributed by atoms with van der Waals surface area (Å²) < 4.78 is 0. The summed E-state index contributed by atoms with van der Waals surface area (Å²) in [5, 5.41) is 2.99. The number of rotatable bonds is 1. The second-order valence-electron chi connectivity index (χ2n) is 8.32. The number of allylic oxidation sites excluding steroid dienone is 1. The van der Waals surface area contributed by atoms with Crippen LogP contribution in [0.4, 0.5) is 5.69 Å². The normalized spacial score (nSPS) is 33.9. The predicted octanol–water partition coefficient (Wildman–Crippen LogP) is 1.82. The van der Waals surface area contributed by atoms with Gasteiger partial charge in [-0.15, -0.1) is 0 Å². The SMILES string of the molecule is CC(C)=C[C@@H]1N2C(=O)[C@@H]3CCCN3C(=O)[C@@H]2C[C@@]12C(=O)Nc1ccccc12. The number of anilines is 1. The molecule has 0 unspecified atom stereocenters. The van der Waals surface area contributed by atoms with Crippen LogP contribution in [0.1, 0.15) is 38.7 Å². The van der Waals surface area contributed by atoms with Gasteiger partial charge in [0, 0.05) is 12.2 Å². The van der Waals surface area contributed by atoms with Gasteiger partial charge in [0.25, 0.3) is 0 Å². The van der Waals surface area contributed by atoms with E-state index < -0.39 is 17.5 Å². The van der Waals surface area contributed by atoms with Crippen molar-refractivity contribution in [3.05, 3.63) is 41.5 Å². The Balaban J connectivity index is 1.71. The lowest BCUT2D eigenvalue weighted by molar-refractivity contribution is -0.158. The maximum absolute atomic E-state index is 13.4. The molecule has 6 heteroatoms. The van der Waals surface area contributed by atoms with Crippen molar-refractivity contribution >= 4 is 23.4 Å². The minimum Gasteiger partial charge on any atom is -0.329 e. The molecule has 0 radical (unpaired) electrons. The molecule has 6 nitrogen and oxygen atoms in total. The number of piperazine rings is 1. The van der Waals surface area contributed by atoms with Crippen LogP contribution in [-0.4, -0.2) is 52.2 Å². The van der Waals surface area contributed by atoms with Gasteiger partial charge in [-0.25, -0.2) is 0 Å². The first-order valence-corrected chi connectivity index (χ1v) is 9.64. The first kappa shape index (κ1) is 16.5. The molecule has 4 heterocycles. The van der Waals surface area contributed by atoms with E-state index in [1.54, 1.807) is 9.80 Å². The lowest BCUT2D eigenvalue weighted by atomic mass is 9.73. The fourth-order valence-corrected chi connectivity index (χ4v) is 5.47. The van der Waals surface area contributed by atoms with Crippen molar-refractivity contribution in [1.82, 2.24) is 9.80 Å². The maximum Gasteiger partial charge on any atom is 0.246 e. The minimum absolute atomic E-state index is 0.00156. The van der Waals surface area contributed by atoms with Crippen LogP contribution in [0.25, 0.3) is 0 Å². The topological polar surface area (TPSA) is 69.7 Å². The van der Waals surface area contributed by atoms with Gasteiger partial charge in [0.2, 0.25) is 17.7 Å². The van der Waals surface area contributed by atoms with Crippen molar-refractivity contribution < 1.29 is 14.4 Å². The number of benzene rings is 1. The molecule has 140 valence electrons. The Morgan fingerprint density at radius 2 is 1.93 bits per heavy atom. The van der Waals surface area contributed by atoms with Gasteiger partial charge in [0.15, 0.2) is 0 Å². The maximum atomic E-state index is 13.4. The molecular weight excluding hydrogens is 342 g/mol. The largest absolute Gasteiger partial charge is 0.329 e. The molecule has 3 fully saturated rings. The zero-order valence-electron chi connectivity index (χ0n) is 15.6. The number of amides is 3. The zero-order valence-corrected chi connectivity index (χ0v) is 15.6. The van der Waals surface area contributed by atoms with Gasteiger partial charge in [0.05, 0.1) is 6.04 Å². The monoisotopic (exact) mass is 365 g/mol. The third-order valence-corrected chi connectivity index (χ3v) is 6.57. The smallest absolute Gasteiger partial charge is 0.246 e. The summed E-state index contributed by atoms with van der Waals surface area (Å²) in [5.41, 5.74) is 1.82. The Morgan fingerprint density at radius 1 is 1.15 bits per heavy atom. The van der Waals surface area contributed by atoms with Gasteiger partial charge < -0.3 is 15.1 Å². The van der Waals surface area contributed by atoms with Gasteiger partial charge in [-0.1, -0.05) is 29.8 Å². The van der Waals surface area contributed by atoms with Crippen molar-refractivity contribution in [2.45, 2.75) is 56.7 Å². The van der Waals surface area contributed by atoms with E-state index in [2.05, 4.69) is 5.32 Å². The first-order valence-electron chi connectivity index (χ1n) is 9.64. The number of carbonyl (C=O) groups excluding carboxylic acids is 3. The minimum atomic E-state index is -0.899. The number of nitrogens with zero attached hydrogens (tertiary/aromatic N) is 2. The fraction of sp³-hybridized carbons (Fsp3) is 0.476. The number of fused-ring (bicyclic) bond motifs is 4. The summed E-state index contributed by atoms with van der Waals surface area (Å²) in [6.45, 7) is 4.58.